The van der Waals surface area contributed by atoms with E-state index in [1.165, 1.54) is 0 Å². The Bertz CT molecular complexity index is 807. The topological polar surface area (TPSA) is 64.9 Å². The summed E-state index contributed by atoms with van der Waals surface area (Å²) in [6, 6.07) is 13.7. The fourth-order valence-corrected chi connectivity index (χ4v) is 2.62. The SMILES string of the molecule is CC1(C)NNC(=O)/C1=C\c1cccc2cccc(C#N)c12. The second kappa shape index (κ2) is 4.72. The van der Waals surface area contributed by atoms with Crippen LogP contribution in [0, 0.1) is 11.3 Å². The molecule has 21 heavy (non-hydrogen) atoms. The molecule has 0 spiro atoms. The molecule has 1 saturated heterocycles. The molecular formula is C17H15N3O. The zero-order valence-corrected chi connectivity index (χ0v) is 11.9. The van der Waals surface area contributed by atoms with Crippen molar-refractivity contribution in [2.75, 3.05) is 0 Å². The second-order valence-corrected chi connectivity index (χ2v) is 5.62. The van der Waals surface area contributed by atoms with E-state index in [0.29, 0.717) is 11.1 Å². The summed E-state index contributed by atoms with van der Waals surface area (Å²) in [5.41, 5.74) is 7.30. The van der Waals surface area contributed by atoms with E-state index in [1.807, 2.05) is 50.3 Å². The summed E-state index contributed by atoms with van der Waals surface area (Å²) in [5, 5.41) is 11.2. The average Bonchev–Trinajstić information content (AvgIpc) is 2.73. The first-order valence-corrected chi connectivity index (χ1v) is 6.74. The molecule has 2 aromatic carbocycles. The first-order valence-electron chi connectivity index (χ1n) is 6.74. The number of amides is 1. The van der Waals surface area contributed by atoms with Crippen molar-refractivity contribution in [3.63, 3.8) is 0 Å². The molecule has 1 amide bonds. The fourth-order valence-electron chi connectivity index (χ4n) is 2.62. The number of nitrogens with one attached hydrogen (secondary N) is 2. The molecule has 0 unspecified atom stereocenters. The summed E-state index contributed by atoms with van der Waals surface area (Å²) in [4.78, 5) is 12.0. The van der Waals surface area contributed by atoms with E-state index < -0.39 is 5.54 Å². The monoisotopic (exact) mass is 277 g/mol. The van der Waals surface area contributed by atoms with Crippen LogP contribution in [-0.4, -0.2) is 11.4 Å². The van der Waals surface area contributed by atoms with Gasteiger partial charge < -0.3 is 0 Å². The van der Waals surface area contributed by atoms with Gasteiger partial charge in [0.25, 0.3) is 5.91 Å². The highest BCUT2D eigenvalue weighted by Gasteiger charge is 2.35. The molecule has 1 aliphatic heterocycles. The Morgan fingerprint density at radius 2 is 1.90 bits per heavy atom. The first-order chi connectivity index (χ1) is 10.0. The van der Waals surface area contributed by atoms with Crippen molar-refractivity contribution in [1.29, 1.82) is 5.26 Å². The lowest BCUT2D eigenvalue weighted by Gasteiger charge is -2.17. The Hall–Kier alpha value is -2.64. The zero-order chi connectivity index (χ0) is 15.0. The Morgan fingerprint density at radius 3 is 2.52 bits per heavy atom. The van der Waals surface area contributed by atoms with Crippen molar-refractivity contribution in [2.24, 2.45) is 0 Å². The number of rotatable bonds is 1. The molecule has 2 aromatic rings. The van der Waals surface area contributed by atoms with Crippen LogP contribution in [0.3, 0.4) is 0 Å². The molecule has 2 N–H and O–H groups in total. The number of nitriles is 1. The van der Waals surface area contributed by atoms with Crippen LogP contribution in [0.25, 0.3) is 16.8 Å². The van der Waals surface area contributed by atoms with E-state index in [-0.39, 0.29) is 5.91 Å². The molecule has 0 aromatic heterocycles. The molecular weight excluding hydrogens is 262 g/mol. The predicted octanol–water partition coefficient (Wildman–Crippen LogP) is 2.51. The molecule has 0 radical (unpaired) electrons. The van der Waals surface area contributed by atoms with Gasteiger partial charge in [-0.3, -0.25) is 10.2 Å². The Kier molecular flexibility index (Phi) is 3.00. The molecule has 4 heteroatoms. The number of hydrogen-bond acceptors (Lipinski definition) is 3. The van der Waals surface area contributed by atoms with Crippen LogP contribution in [0.4, 0.5) is 0 Å². The van der Waals surface area contributed by atoms with E-state index in [4.69, 9.17) is 0 Å². The number of benzene rings is 2. The van der Waals surface area contributed by atoms with E-state index in [0.717, 1.165) is 16.3 Å². The minimum Gasteiger partial charge on any atom is -0.287 e. The van der Waals surface area contributed by atoms with Gasteiger partial charge in [0.1, 0.15) is 0 Å². The summed E-state index contributed by atoms with van der Waals surface area (Å²) >= 11 is 0. The molecule has 3 rings (SSSR count). The van der Waals surface area contributed by atoms with Crippen molar-refractivity contribution in [1.82, 2.24) is 10.9 Å². The lowest BCUT2D eigenvalue weighted by atomic mass is 9.91. The van der Waals surface area contributed by atoms with Crippen molar-refractivity contribution < 1.29 is 4.79 Å². The maximum atomic E-state index is 12.0. The van der Waals surface area contributed by atoms with Gasteiger partial charge in [0.15, 0.2) is 0 Å². The molecule has 0 aliphatic carbocycles. The molecule has 0 saturated carbocycles. The van der Waals surface area contributed by atoms with Gasteiger partial charge in [-0.05, 0) is 36.9 Å². The quantitative estimate of drug-likeness (QED) is 0.787. The molecule has 1 heterocycles. The van der Waals surface area contributed by atoms with Crippen LogP contribution in [0.2, 0.25) is 0 Å². The number of hydrazine groups is 1. The number of nitrogens with zero attached hydrogens (tertiary/aromatic N) is 1. The zero-order valence-electron chi connectivity index (χ0n) is 11.9. The summed E-state index contributed by atoms with van der Waals surface area (Å²) < 4.78 is 0. The highest BCUT2D eigenvalue weighted by atomic mass is 16.2. The van der Waals surface area contributed by atoms with Crippen LogP contribution in [0.5, 0.6) is 0 Å². The molecule has 1 fully saturated rings. The highest BCUT2D eigenvalue weighted by molar-refractivity contribution is 6.05. The smallest absolute Gasteiger partial charge is 0.263 e. The van der Waals surface area contributed by atoms with Crippen LogP contribution < -0.4 is 10.9 Å². The van der Waals surface area contributed by atoms with Crippen LogP contribution in [-0.2, 0) is 4.79 Å². The number of carbonyl (C=O) groups is 1. The molecule has 0 atom stereocenters. The van der Waals surface area contributed by atoms with Crippen LogP contribution in [0.1, 0.15) is 25.0 Å². The van der Waals surface area contributed by atoms with E-state index >= 15 is 0 Å². The van der Waals surface area contributed by atoms with Gasteiger partial charge in [0.2, 0.25) is 0 Å². The summed E-state index contributed by atoms with van der Waals surface area (Å²) in [7, 11) is 0. The number of carbonyl (C=O) groups excluding carboxylic acids is 1. The van der Waals surface area contributed by atoms with E-state index in [1.54, 1.807) is 6.07 Å². The van der Waals surface area contributed by atoms with E-state index in [2.05, 4.69) is 16.9 Å². The lowest BCUT2D eigenvalue weighted by molar-refractivity contribution is -0.116. The van der Waals surface area contributed by atoms with Gasteiger partial charge in [-0.25, -0.2) is 5.43 Å². The maximum Gasteiger partial charge on any atom is 0.263 e. The van der Waals surface area contributed by atoms with Crippen LogP contribution in [0.15, 0.2) is 42.0 Å². The average molecular weight is 277 g/mol. The van der Waals surface area contributed by atoms with Gasteiger partial charge >= 0.3 is 0 Å². The minimum atomic E-state index is -0.444. The van der Waals surface area contributed by atoms with Gasteiger partial charge in [-0.1, -0.05) is 30.3 Å². The van der Waals surface area contributed by atoms with Crippen molar-refractivity contribution >= 4 is 22.8 Å². The summed E-state index contributed by atoms with van der Waals surface area (Å²) in [6.07, 6.45) is 1.86. The van der Waals surface area contributed by atoms with Gasteiger partial charge in [-0.2, -0.15) is 5.26 Å². The Morgan fingerprint density at radius 1 is 1.19 bits per heavy atom. The van der Waals surface area contributed by atoms with Gasteiger partial charge in [-0.15, -0.1) is 0 Å². The summed E-state index contributed by atoms with van der Waals surface area (Å²) in [5.74, 6) is -0.133. The number of hydrogen-bond donors (Lipinski definition) is 2. The summed E-state index contributed by atoms with van der Waals surface area (Å²) in [6.45, 7) is 3.88. The molecule has 0 bridgehead atoms. The third-order valence-electron chi connectivity index (χ3n) is 3.76. The first kappa shape index (κ1) is 13.3. The van der Waals surface area contributed by atoms with Crippen molar-refractivity contribution in [3.05, 3.63) is 53.1 Å². The Labute approximate surface area is 123 Å². The van der Waals surface area contributed by atoms with Crippen molar-refractivity contribution in [2.45, 2.75) is 19.4 Å². The van der Waals surface area contributed by atoms with E-state index in [9.17, 15) is 10.1 Å². The lowest BCUT2D eigenvalue weighted by Crippen LogP contribution is -2.38. The predicted molar refractivity (Wildman–Crippen MR) is 82.0 cm³/mol. The van der Waals surface area contributed by atoms with Crippen LogP contribution >= 0.6 is 0 Å². The second-order valence-electron chi connectivity index (χ2n) is 5.62. The normalized spacial score (nSPS) is 18.7. The van der Waals surface area contributed by atoms with Gasteiger partial charge in [0.05, 0.1) is 17.2 Å². The Balaban J connectivity index is 2.27. The molecule has 4 nitrogen and oxygen atoms in total. The maximum absolute atomic E-state index is 12.0. The highest BCUT2D eigenvalue weighted by Crippen LogP contribution is 2.28. The minimum absolute atomic E-state index is 0.133. The third kappa shape index (κ3) is 2.18. The third-order valence-corrected chi connectivity index (χ3v) is 3.76. The fraction of sp³-hybridized carbons (Fsp3) is 0.176. The number of fused-ring (bicyclic) bond motifs is 1. The largest absolute Gasteiger partial charge is 0.287 e. The molecule has 104 valence electrons. The van der Waals surface area contributed by atoms with Crippen molar-refractivity contribution in [3.8, 4) is 6.07 Å². The van der Waals surface area contributed by atoms with Gasteiger partial charge in [0, 0.05) is 11.0 Å². The molecule has 1 aliphatic rings. The standard InChI is InChI=1S/C17H15N3O/c1-17(2)14(16(21)19-20-17)9-12-7-3-5-11-6-4-8-13(10-18)15(11)12/h3-9,20H,1-2H3,(H,19,21)/b14-9+.